The van der Waals surface area contributed by atoms with Gasteiger partial charge < -0.3 is 48.6 Å². The van der Waals surface area contributed by atoms with Crippen LogP contribution in [0.4, 0.5) is 0 Å². The number of hydrogen-bond acceptors (Lipinski definition) is 14. The van der Waals surface area contributed by atoms with E-state index in [1.54, 1.807) is 41.1 Å². The van der Waals surface area contributed by atoms with E-state index in [1.165, 1.54) is 12.0 Å². The Morgan fingerprint density at radius 1 is 0.868 bits per heavy atom. The van der Waals surface area contributed by atoms with E-state index in [0.717, 1.165) is 24.8 Å². The summed E-state index contributed by atoms with van der Waals surface area (Å²) in [5.74, 6) is -7.64. The number of cyclic esters (lactones) is 1. The van der Waals surface area contributed by atoms with Crippen molar-refractivity contribution in [3.8, 4) is 0 Å². The topological polar surface area (TPSA) is 205 Å². The quantitative estimate of drug-likeness (QED) is 0.130. The van der Waals surface area contributed by atoms with Gasteiger partial charge in [-0.05, 0) is 120 Å². The van der Waals surface area contributed by atoms with Crippen molar-refractivity contribution in [3.63, 3.8) is 0 Å². The largest absolute Gasteiger partial charge is 0.460 e. The predicted octanol–water partition coefficient (Wildman–Crippen LogP) is 6.42. The van der Waals surface area contributed by atoms with Crippen LogP contribution < -0.4 is 0 Å². The molecule has 1 amide bonds. The summed E-state index contributed by atoms with van der Waals surface area (Å²) >= 11 is 0. The third kappa shape index (κ3) is 15.4. The van der Waals surface area contributed by atoms with Gasteiger partial charge in [-0.1, -0.05) is 58.9 Å². The molecule has 1 saturated carbocycles. The third-order valence-corrected chi connectivity index (χ3v) is 15.2. The van der Waals surface area contributed by atoms with E-state index in [4.69, 9.17) is 28.4 Å². The lowest BCUT2D eigenvalue weighted by Gasteiger charge is -2.42. The van der Waals surface area contributed by atoms with E-state index in [0.29, 0.717) is 63.4 Å². The molecule has 3 aliphatic heterocycles. The number of nitrogens with zero attached hydrogens (tertiary/aromatic N) is 1. The zero-order valence-electron chi connectivity index (χ0n) is 42.7. The zero-order valence-corrected chi connectivity index (χ0v) is 42.7. The molecule has 4 rings (SSSR count). The molecular weight excluding hydrogens is 875 g/mol. The fraction of sp³-hybridized carbons (Fsp3) is 0.792. The summed E-state index contributed by atoms with van der Waals surface area (Å²) in [6.07, 6.45) is 10.3. The van der Waals surface area contributed by atoms with Crippen molar-refractivity contribution in [1.82, 2.24) is 4.90 Å². The van der Waals surface area contributed by atoms with Crippen molar-refractivity contribution < 1.29 is 67.7 Å². The first-order chi connectivity index (χ1) is 32.3. The van der Waals surface area contributed by atoms with Crippen LogP contribution in [0.2, 0.25) is 0 Å². The Kier molecular flexibility index (Phi) is 23.2. The summed E-state index contributed by atoms with van der Waals surface area (Å²) in [4.78, 5) is 72.2. The molecule has 8 unspecified atom stereocenters. The second-order valence-corrected chi connectivity index (χ2v) is 20.5. The molecule has 2 bridgehead atoms. The van der Waals surface area contributed by atoms with Crippen LogP contribution in [0.15, 0.2) is 35.5 Å². The molecule has 0 spiro atoms. The van der Waals surface area contributed by atoms with Crippen molar-refractivity contribution in [2.45, 2.75) is 193 Å². The van der Waals surface area contributed by atoms with E-state index >= 15 is 0 Å². The van der Waals surface area contributed by atoms with E-state index in [1.807, 2.05) is 32.9 Å². The Labute approximate surface area is 405 Å². The predicted molar refractivity (Wildman–Crippen MR) is 256 cm³/mol. The van der Waals surface area contributed by atoms with Crippen LogP contribution in [0, 0.1) is 35.5 Å². The molecule has 0 aromatic heterocycles. The minimum absolute atomic E-state index is 0.0900. The molecule has 0 radical (unpaired) electrons. The van der Waals surface area contributed by atoms with E-state index in [-0.39, 0.29) is 74.1 Å². The van der Waals surface area contributed by atoms with Gasteiger partial charge in [0.25, 0.3) is 11.7 Å². The number of carbonyl (C=O) groups excluding carboxylic acids is 5. The molecule has 1 aliphatic carbocycles. The van der Waals surface area contributed by atoms with E-state index in [2.05, 4.69) is 13.0 Å². The highest BCUT2D eigenvalue weighted by Crippen LogP contribution is 2.38. The zero-order chi connectivity index (χ0) is 50.3. The van der Waals surface area contributed by atoms with Crippen molar-refractivity contribution in [2.24, 2.45) is 35.5 Å². The van der Waals surface area contributed by atoms with Crippen LogP contribution in [0.25, 0.3) is 0 Å². The summed E-state index contributed by atoms with van der Waals surface area (Å²) in [5, 5.41) is 32.8. The van der Waals surface area contributed by atoms with Gasteiger partial charge in [0.2, 0.25) is 5.79 Å². The van der Waals surface area contributed by atoms with Gasteiger partial charge in [0.15, 0.2) is 5.78 Å². The number of amides is 1. The van der Waals surface area contributed by atoms with Gasteiger partial charge in [-0.3, -0.25) is 19.2 Å². The molecule has 68 heavy (non-hydrogen) atoms. The summed E-state index contributed by atoms with van der Waals surface area (Å²) in [7, 11) is 4.61. The average Bonchev–Trinajstić information content (AvgIpc) is 3.32. The average molecular weight is 960 g/mol. The minimum Gasteiger partial charge on any atom is -0.460 e. The molecule has 386 valence electrons. The number of esters is 1. The van der Waals surface area contributed by atoms with Crippen molar-refractivity contribution >= 4 is 29.2 Å². The fourth-order valence-electron chi connectivity index (χ4n) is 10.8. The lowest BCUT2D eigenvalue weighted by atomic mass is 9.78. The highest BCUT2D eigenvalue weighted by atomic mass is 16.6. The second-order valence-electron chi connectivity index (χ2n) is 20.5. The van der Waals surface area contributed by atoms with Crippen molar-refractivity contribution in [1.29, 1.82) is 0 Å². The summed E-state index contributed by atoms with van der Waals surface area (Å²) < 4.78 is 35.6. The number of fused-ring (bicyclic) bond motifs is 3. The number of aliphatic hydroxyl groups is 3. The lowest BCUT2D eigenvalue weighted by molar-refractivity contribution is -0.265. The number of hydrogen-bond donors (Lipinski definition) is 3. The van der Waals surface area contributed by atoms with Crippen molar-refractivity contribution in [2.75, 3.05) is 41.1 Å². The normalized spacial score (nSPS) is 37.7. The van der Waals surface area contributed by atoms with Crippen LogP contribution in [0.3, 0.4) is 0 Å². The summed E-state index contributed by atoms with van der Waals surface area (Å²) in [6.45, 7) is 13.1. The SMILES string of the molecule is COC1C(=O)C(C)C[C@H](C)CCC=CC=C(C)[C@@H](OC)C[C@@H]2CCC(C)C(O)(O2)C(=O)C(=O)N2CCCCC2C(=O)O[C@H]([C@H](C)CC2CC[C@@H](OCCO)C(OC)C2)CC(=O)C(C)/C=C(\C)[C@H]1O. The number of allylic oxidation sites excluding steroid dienone is 4. The van der Waals surface area contributed by atoms with Crippen LogP contribution in [-0.4, -0.2) is 145 Å². The second kappa shape index (κ2) is 27.5. The molecule has 15 atom stereocenters. The maximum Gasteiger partial charge on any atom is 0.329 e. The highest BCUT2D eigenvalue weighted by Gasteiger charge is 2.53. The lowest BCUT2D eigenvalue weighted by Crippen LogP contribution is -2.61. The Bertz CT molecular complexity index is 1760. The number of carbonyl (C=O) groups is 5. The Hall–Kier alpha value is -3.15. The molecule has 0 aromatic rings. The van der Waals surface area contributed by atoms with E-state index < -0.39 is 77.8 Å². The third-order valence-electron chi connectivity index (χ3n) is 15.2. The number of Topliss-reactive ketones (excluding diaryl/α,β-unsaturated/α-hetero) is 3. The van der Waals surface area contributed by atoms with Gasteiger partial charge in [-0.2, -0.15) is 0 Å². The van der Waals surface area contributed by atoms with Gasteiger partial charge in [0, 0.05) is 58.5 Å². The first kappa shape index (κ1) is 57.4. The van der Waals surface area contributed by atoms with Gasteiger partial charge in [-0.15, -0.1) is 0 Å². The number of rotatable bonds is 9. The Morgan fingerprint density at radius 3 is 2.28 bits per heavy atom. The molecule has 3 heterocycles. The van der Waals surface area contributed by atoms with Crippen LogP contribution in [0.5, 0.6) is 0 Å². The molecule has 3 fully saturated rings. The van der Waals surface area contributed by atoms with Gasteiger partial charge >= 0.3 is 5.97 Å². The molecule has 2 saturated heterocycles. The van der Waals surface area contributed by atoms with Gasteiger partial charge in [0.05, 0.1) is 37.6 Å². The van der Waals surface area contributed by atoms with Gasteiger partial charge in [0.1, 0.15) is 30.1 Å². The van der Waals surface area contributed by atoms with Crippen LogP contribution in [0.1, 0.15) is 138 Å². The maximum atomic E-state index is 14.5. The Balaban J connectivity index is 1.68. The standard InChI is InChI=1S/C53H85NO14/c1-32-16-12-11-13-17-33(2)44(63-8)30-40-21-19-38(7)53(62,68-40)50(59)51(60)54-23-15-14-18-41(54)52(61)67-45(35(4)28-39-20-22-43(66-25-24-55)46(29-39)64-9)31-42(56)34(3)27-37(6)48(58)49(65-10)47(57)36(5)26-32/h11,13,17,27,32,34-36,38-41,43-46,48-49,55,58,62H,12,14-16,18-26,28-31H2,1-10H3/b13-11?,33-17?,37-27+/t32-,34?,35-,36?,38?,39?,40+,41?,43-,44+,45+,46?,48-,49?,53?/m1/s1. The summed E-state index contributed by atoms with van der Waals surface area (Å²) in [5.41, 5.74) is 1.31. The smallest absolute Gasteiger partial charge is 0.329 e. The molecule has 4 aliphatic rings. The van der Waals surface area contributed by atoms with Crippen molar-refractivity contribution in [3.05, 3.63) is 35.5 Å². The Morgan fingerprint density at radius 2 is 1.60 bits per heavy atom. The monoisotopic (exact) mass is 960 g/mol. The molecule has 0 aromatic carbocycles. The molecular formula is C53H85NO14. The fourth-order valence-corrected chi connectivity index (χ4v) is 10.8. The maximum absolute atomic E-state index is 14.5. The van der Waals surface area contributed by atoms with Crippen LogP contribution >= 0.6 is 0 Å². The highest BCUT2D eigenvalue weighted by molar-refractivity contribution is 6.39. The number of aliphatic hydroxyl groups excluding tert-OH is 2. The first-order valence-corrected chi connectivity index (χ1v) is 25.3. The number of methoxy groups -OCH3 is 3. The van der Waals surface area contributed by atoms with Gasteiger partial charge in [-0.25, -0.2) is 4.79 Å². The molecule has 3 N–H and O–H groups in total. The van der Waals surface area contributed by atoms with E-state index in [9.17, 15) is 39.3 Å². The number of ether oxygens (including phenoxy) is 6. The minimum atomic E-state index is -2.42. The number of ketones is 3. The molecule has 15 heteroatoms. The number of piperidine rings is 1. The van der Waals surface area contributed by atoms with Crippen LogP contribution in [-0.2, 0) is 52.4 Å². The first-order valence-electron chi connectivity index (χ1n) is 25.3. The molecule has 15 nitrogen and oxygen atoms in total. The summed E-state index contributed by atoms with van der Waals surface area (Å²) in [6, 6.07) is -1.14.